The van der Waals surface area contributed by atoms with Crippen LogP contribution < -0.4 is 21.1 Å². The smallest absolute Gasteiger partial charge is 0.262 e. The Balaban J connectivity index is 1.45. The minimum absolute atomic E-state index is 0.00607. The molecule has 12 heteroatoms. The van der Waals surface area contributed by atoms with E-state index in [1.165, 1.54) is 24.3 Å². The molecule has 0 aliphatic carbocycles. The molecule has 2 atom stereocenters. The molecule has 2 heterocycles. The van der Waals surface area contributed by atoms with Crippen molar-refractivity contribution in [3.63, 3.8) is 0 Å². The maximum atomic E-state index is 15.5. The van der Waals surface area contributed by atoms with Gasteiger partial charge in [0.05, 0.1) is 17.7 Å². The van der Waals surface area contributed by atoms with Crippen LogP contribution in [0.15, 0.2) is 60.3 Å². The summed E-state index contributed by atoms with van der Waals surface area (Å²) in [5.74, 6) is -1.81. The van der Waals surface area contributed by atoms with E-state index < -0.39 is 29.1 Å². The summed E-state index contributed by atoms with van der Waals surface area (Å²) in [5, 5.41) is 6.22. The highest BCUT2D eigenvalue weighted by Crippen LogP contribution is 2.41. The summed E-state index contributed by atoms with van der Waals surface area (Å²) in [6.45, 7) is 5.09. The second kappa shape index (κ2) is 12.2. The van der Waals surface area contributed by atoms with Crippen molar-refractivity contribution in [3.8, 4) is 28.0 Å². The molecule has 45 heavy (non-hydrogen) atoms. The third-order valence-corrected chi connectivity index (χ3v) is 8.64. The molecule has 10 nitrogen and oxygen atoms in total. The van der Waals surface area contributed by atoms with Crippen LogP contribution in [-0.4, -0.2) is 66.7 Å². The number of amides is 3. The molecule has 2 aliphatic rings. The highest BCUT2D eigenvalue weighted by atomic mass is 35.5. The number of nitrogens with zero attached hydrogens (tertiary/aromatic N) is 2. The SMILES string of the molecule is COc1cc(-c2cccc(-c3cccc(NC(=O)C4=CN(C)C5OC5N(C)C4=O)c3C)c2Cl)cc(F)c1CNC(C)(C)C(N)=O. The summed E-state index contributed by atoms with van der Waals surface area (Å²) >= 11 is 6.97. The van der Waals surface area contributed by atoms with E-state index >= 15 is 4.39 Å². The minimum atomic E-state index is -1.05. The molecule has 2 aliphatic heterocycles. The Morgan fingerprint density at radius 2 is 1.76 bits per heavy atom. The van der Waals surface area contributed by atoms with E-state index in [-0.39, 0.29) is 35.9 Å². The molecule has 236 valence electrons. The molecule has 3 aromatic carbocycles. The van der Waals surface area contributed by atoms with Gasteiger partial charge in [-0.15, -0.1) is 0 Å². The fourth-order valence-electron chi connectivity index (χ4n) is 5.20. The quantitative estimate of drug-likeness (QED) is 0.235. The lowest BCUT2D eigenvalue weighted by Crippen LogP contribution is -2.50. The van der Waals surface area contributed by atoms with Crippen LogP contribution in [0, 0.1) is 12.7 Å². The summed E-state index contributed by atoms with van der Waals surface area (Å²) < 4.78 is 26.5. The average Bonchev–Trinajstić information content (AvgIpc) is 3.81. The van der Waals surface area contributed by atoms with E-state index in [0.29, 0.717) is 27.4 Å². The molecule has 0 radical (unpaired) electrons. The van der Waals surface area contributed by atoms with Gasteiger partial charge in [-0.05, 0) is 55.7 Å². The number of likely N-dealkylation sites (N-methyl/N-ethyl adjacent to an activating group) is 2. The van der Waals surface area contributed by atoms with E-state index in [4.69, 9.17) is 26.8 Å². The van der Waals surface area contributed by atoms with Crippen molar-refractivity contribution < 1.29 is 28.2 Å². The van der Waals surface area contributed by atoms with Gasteiger partial charge in [0.25, 0.3) is 11.8 Å². The summed E-state index contributed by atoms with van der Waals surface area (Å²) in [6.07, 6.45) is 0.830. The number of carbonyl (C=O) groups is 3. The zero-order valence-corrected chi connectivity index (χ0v) is 26.6. The number of rotatable bonds is 9. The van der Waals surface area contributed by atoms with Gasteiger partial charge in [-0.2, -0.15) is 0 Å². The van der Waals surface area contributed by atoms with Crippen LogP contribution in [-0.2, 0) is 25.7 Å². The van der Waals surface area contributed by atoms with Gasteiger partial charge in [0, 0.05) is 49.2 Å². The number of benzene rings is 3. The molecule has 0 aromatic heterocycles. The summed E-state index contributed by atoms with van der Waals surface area (Å²) in [7, 11) is 4.79. The van der Waals surface area contributed by atoms with Crippen molar-refractivity contribution in [3.05, 3.63) is 82.3 Å². The lowest BCUT2D eigenvalue weighted by Gasteiger charge is -2.23. The van der Waals surface area contributed by atoms with E-state index in [1.54, 1.807) is 57.1 Å². The number of primary amides is 1. The molecular formula is C33H35ClFN5O5. The number of ether oxygens (including phenoxy) is 2. The minimum Gasteiger partial charge on any atom is -0.496 e. The lowest BCUT2D eigenvalue weighted by molar-refractivity contribution is -0.129. The Labute approximate surface area is 265 Å². The number of hydrogen-bond acceptors (Lipinski definition) is 7. The number of nitrogens with two attached hydrogens (primary N) is 1. The van der Waals surface area contributed by atoms with Crippen molar-refractivity contribution in [2.75, 3.05) is 26.5 Å². The summed E-state index contributed by atoms with van der Waals surface area (Å²) in [6, 6.07) is 13.9. The van der Waals surface area contributed by atoms with Gasteiger partial charge in [-0.25, -0.2) is 4.39 Å². The predicted octanol–water partition coefficient (Wildman–Crippen LogP) is 4.39. The zero-order chi connectivity index (χ0) is 32.8. The van der Waals surface area contributed by atoms with Crippen molar-refractivity contribution in [1.29, 1.82) is 0 Å². The van der Waals surface area contributed by atoms with Gasteiger partial charge in [0.2, 0.25) is 5.91 Å². The van der Waals surface area contributed by atoms with Crippen LogP contribution >= 0.6 is 11.6 Å². The Hall–Kier alpha value is -4.45. The average molecular weight is 636 g/mol. The number of carbonyl (C=O) groups excluding carboxylic acids is 3. The molecular weight excluding hydrogens is 601 g/mol. The Morgan fingerprint density at radius 1 is 1.09 bits per heavy atom. The zero-order valence-electron chi connectivity index (χ0n) is 25.8. The van der Waals surface area contributed by atoms with Crippen LogP contribution in [0.2, 0.25) is 5.02 Å². The van der Waals surface area contributed by atoms with E-state index in [2.05, 4.69) is 10.6 Å². The summed E-state index contributed by atoms with van der Waals surface area (Å²) in [5.41, 5.74) is 8.32. The molecule has 0 bridgehead atoms. The van der Waals surface area contributed by atoms with Crippen molar-refractivity contribution in [2.24, 2.45) is 5.73 Å². The molecule has 5 rings (SSSR count). The topological polar surface area (TPSA) is 130 Å². The molecule has 3 amide bonds. The molecule has 1 fully saturated rings. The number of hydrogen-bond donors (Lipinski definition) is 3. The predicted molar refractivity (Wildman–Crippen MR) is 170 cm³/mol. The first-order chi connectivity index (χ1) is 21.2. The molecule has 2 unspecified atom stereocenters. The number of nitrogens with one attached hydrogen (secondary N) is 2. The number of anilines is 1. The molecule has 3 aromatic rings. The standard InChI is InChI=1S/C33H35ClFN5O5/c1-17-19(9-8-12-25(17)38-28(41)23-16-39(4)30-31(45-30)40(5)29(23)42)21-11-7-10-20(27(21)34)18-13-24(35)22(26(14-18)44-6)15-37-33(2,3)32(36)43/h7-14,16,30-31,37H,15H2,1-6H3,(H2,36,43)(H,38,41). The van der Waals surface area contributed by atoms with E-state index in [0.717, 1.165) is 11.1 Å². The highest BCUT2D eigenvalue weighted by Gasteiger charge is 2.50. The van der Waals surface area contributed by atoms with Crippen LogP contribution in [0.25, 0.3) is 22.3 Å². The van der Waals surface area contributed by atoms with Crippen LogP contribution in [0.4, 0.5) is 10.1 Å². The van der Waals surface area contributed by atoms with Crippen LogP contribution in [0.5, 0.6) is 5.75 Å². The number of halogens is 2. The number of fused-ring (bicyclic) bond motifs is 1. The van der Waals surface area contributed by atoms with Gasteiger partial charge in [-0.3, -0.25) is 19.7 Å². The molecule has 4 N–H and O–H groups in total. The molecule has 0 spiro atoms. The number of epoxide rings is 1. The van der Waals surface area contributed by atoms with Gasteiger partial charge in [0.1, 0.15) is 17.1 Å². The lowest BCUT2D eigenvalue weighted by atomic mass is 9.94. The third-order valence-electron chi connectivity index (χ3n) is 8.24. The fourth-order valence-corrected chi connectivity index (χ4v) is 5.54. The van der Waals surface area contributed by atoms with Gasteiger partial charge < -0.3 is 30.3 Å². The molecule has 0 saturated carbocycles. The monoisotopic (exact) mass is 635 g/mol. The second-order valence-corrected chi connectivity index (χ2v) is 12.0. The molecule has 1 saturated heterocycles. The normalized spacial score (nSPS) is 17.8. The first-order valence-corrected chi connectivity index (χ1v) is 14.6. The second-order valence-electron chi connectivity index (χ2n) is 11.6. The Kier molecular flexibility index (Phi) is 8.63. The van der Waals surface area contributed by atoms with Gasteiger partial charge in [0.15, 0.2) is 12.5 Å². The van der Waals surface area contributed by atoms with Gasteiger partial charge in [-0.1, -0.05) is 41.9 Å². The largest absolute Gasteiger partial charge is 0.496 e. The highest BCUT2D eigenvalue weighted by molar-refractivity contribution is 6.36. The maximum Gasteiger partial charge on any atom is 0.262 e. The first-order valence-electron chi connectivity index (χ1n) is 14.2. The fraction of sp³-hybridized carbons (Fsp3) is 0.303. The van der Waals surface area contributed by atoms with Crippen LogP contribution in [0.1, 0.15) is 25.0 Å². The Bertz CT molecular complexity index is 1740. The van der Waals surface area contributed by atoms with Crippen molar-refractivity contribution in [2.45, 2.75) is 45.3 Å². The van der Waals surface area contributed by atoms with Crippen LogP contribution in [0.3, 0.4) is 0 Å². The van der Waals surface area contributed by atoms with E-state index in [1.807, 2.05) is 25.1 Å². The summed E-state index contributed by atoms with van der Waals surface area (Å²) in [4.78, 5) is 41.1. The Morgan fingerprint density at radius 3 is 2.44 bits per heavy atom. The third kappa shape index (κ3) is 6.11. The van der Waals surface area contributed by atoms with Crippen molar-refractivity contribution >= 4 is 35.0 Å². The van der Waals surface area contributed by atoms with Gasteiger partial charge >= 0.3 is 0 Å². The number of methoxy groups -OCH3 is 1. The van der Waals surface area contributed by atoms with E-state index in [9.17, 15) is 14.4 Å². The maximum absolute atomic E-state index is 15.5. The van der Waals surface area contributed by atoms with Crippen molar-refractivity contribution in [1.82, 2.24) is 15.1 Å². The first kappa shape index (κ1) is 32.0.